The Bertz CT molecular complexity index is 1370. The minimum Gasteiger partial charge on any atom is -0.489 e. The van der Waals surface area contributed by atoms with E-state index in [-0.39, 0.29) is 38.0 Å². The van der Waals surface area contributed by atoms with Gasteiger partial charge in [0.1, 0.15) is 30.0 Å². The molecule has 0 fully saturated rings. The summed E-state index contributed by atoms with van der Waals surface area (Å²) in [4.78, 5) is 35.8. The van der Waals surface area contributed by atoms with Crippen molar-refractivity contribution in [2.75, 3.05) is 18.6 Å². The van der Waals surface area contributed by atoms with Crippen molar-refractivity contribution in [3.8, 4) is 5.75 Å². The molecule has 4 aromatic rings. The van der Waals surface area contributed by atoms with Crippen LogP contribution in [-0.2, 0) is 11.2 Å². The first-order chi connectivity index (χ1) is 16.0. The van der Waals surface area contributed by atoms with Crippen molar-refractivity contribution in [3.05, 3.63) is 77.8 Å². The van der Waals surface area contributed by atoms with E-state index in [1.807, 2.05) is 12.1 Å². The zero-order chi connectivity index (χ0) is 22.9. The van der Waals surface area contributed by atoms with E-state index in [1.165, 1.54) is 17.0 Å². The lowest BCUT2D eigenvalue weighted by Gasteiger charge is -2.21. The Morgan fingerprint density at radius 1 is 1.26 bits per heavy atom. The molecule has 5 rings (SSSR count). The fraction of sp³-hybridized carbons (Fsp3) is 0.208. The van der Waals surface area contributed by atoms with Gasteiger partial charge in [-0.15, -0.1) is 5.10 Å². The Morgan fingerprint density at radius 3 is 2.94 bits per heavy atom. The molecule has 2 aromatic heterocycles. The molecule has 9 nitrogen and oxygen atoms in total. The maximum Gasteiger partial charge on any atom is 0.291 e. The summed E-state index contributed by atoms with van der Waals surface area (Å²) in [6.07, 6.45) is 1.96. The van der Waals surface area contributed by atoms with Crippen molar-refractivity contribution < 1.29 is 18.7 Å². The minimum atomic E-state index is -0.938. The monoisotopic (exact) mass is 462 g/mol. The number of anilines is 1. The largest absolute Gasteiger partial charge is 0.489 e. The third kappa shape index (κ3) is 4.29. The summed E-state index contributed by atoms with van der Waals surface area (Å²) in [6.45, 7) is -0.0474. The average molecular weight is 462 g/mol. The standard InChI is InChI=1S/C23H19FN6O3.CH4/c1-30-20-15-6-3-9-25-16(15)7-8-18(20)33-12-17(23(30)32)26-22(31)21-27-19(28-29-21)11-13-4-2-5-14(24)10-13;/h2-10,17H,11-12H2,1H3,(H,26,31)(H,27,28,29);1H4/t17-;/m0./s1. The summed E-state index contributed by atoms with van der Waals surface area (Å²) in [6, 6.07) is 12.4. The molecule has 0 aliphatic carbocycles. The van der Waals surface area contributed by atoms with Crippen LogP contribution >= 0.6 is 0 Å². The van der Waals surface area contributed by atoms with Gasteiger partial charge < -0.3 is 15.0 Å². The number of H-pyrrole nitrogens is 1. The van der Waals surface area contributed by atoms with Crippen LogP contribution in [0.15, 0.2) is 54.7 Å². The van der Waals surface area contributed by atoms with Gasteiger partial charge in [0.15, 0.2) is 0 Å². The number of fused-ring (bicyclic) bond motifs is 3. The second-order valence-corrected chi connectivity index (χ2v) is 7.63. The van der Waals surface area contributed by atoms with Crippen LogP contribution in [0.4, 0.5) is 10.1 Å². The number of benzene rings is 2. The Kier molecular flexibility index (Phi) is 6.22. The van der Waals surface area contributed by atoms with E-state index >= 15 is 0 Å². The number of pyridine rings is 1. The number of aromatic nitrogens is 4. The SMILES string of the molecule is C.CN1C(=O)[C@@H](NC(=O)c2n[nH]c(Cc3cccc(F)c3)n2)COc2ccc3ncccc3c21. The van der Waals surface area contributed by atoms with Gasteiger partial charge in [-0.05, 0) is 42.0 Å². The first-order valence-electron chi connectivity index (χ1n) is 10.2. The number of hydrogen-bond donors (Lipinski definition) is 2. The molecule has 2 N–H and O–H groups in total. The zero-order valence-corrected chi connectivity index (χ0v) is 17.6. The molecule has 0 unspecified atom stereocenters. The molecule has 1 atom stereocenters. The molecule has 174 valence electrons. The van der Waals surface area contributed by atoms with Crippen LogP contribution < -0.4 is 15.0 Å². The summed E-state index contributed by atoms with van der Waals surface area (Å²) < 4.78 is 19.2. The highest BCUT2D eigenvalue weighted by Crippen LogP contribution is 2.37. The molecule has 3 heterocycles. The highest BCUT2D eigenvalue weighted by molar-refractivity contribution is 6.08. The first-order valence-corrected chi connectivity index (χ1v) is 10.2. The van der Waals surface area contributed by atoms with Gasteiger partial charge >= 0.3 is 0 Å². The van der Waals surface area contributed by atoms with E-state index in [9.17, 15) is 14.0 Å². The number of carbonyl (C=O) groups excluding carboxylic acids is 2. The van der Waals surface area contributed by atoms with Crippen molar-refractivity contribution in [1.82, 2.24) is 25.5 Å². The maximum absolute atomic E-state index is 13.4. The molecule has 10 heteroatoms. The van der Waals surface area contributed by atoms with E-state index in [0.29, 0.717) is 22.8 Å². The summed E-state index contributed by atoms with van der Waals surface area (Å²) in [5.41, 5.74) is 2.01. The number of amides is 2. The highest BCUT2D eigenvalue weighted by atomic mass is 19.1. The van der Waals surface area contributed by atoms with Crippen molar-refractivity contribution in [3.63, 3.8) is 0 Å². The molecule has 1 aliphatic heterocycles. The van der Waals surface area contributed by atoms with Crippen LogP contribution in [-0.4, -0.2) is 51.7 Å². The molecule has 0 radical (unpaired) electrons. The van der Waals surface area contributed by atoms with Gasteiger partial charge in [-0.2, -0.15) is 0 Å². The van der Waals surface area contributed by atoms with Crippen LogP contribution in [0, 0.1) is 5.82 Å². The third-order valence-corrected chi connectivity index (χ3v) is 5.39. The van der Waals surface area contributed by atoms with E-state index in [1.54, 1.807) is 37.5 Å². The Labute approximate surface area is 195 Å². The molecule has 2 aromatic carbocycles. The molecule has 0 bridgehead atoms. The lowest BCUT2D eigenvalue weighted by Crippen LogP contribution is -2.49. The lowest BCUT2D eigenvalue weighted by molar-refractivity contribution is -0.120. The van der Waals surface area contributed by atoms with Crippen LogP contribution in [0.25, 0.3) is 10.9 Å². The molecule has 1 aliphatic rings. The average Bonchev–Trinajstić information content (AvgIpc) is 3.24. The number of rotatable bonds is 4. The fourth-order valence-electron chi connectivity index (χ4n) is 3.81. The number of halogens is 1. The molecule has 34 heavy (non-hydrogen) atoms. The number of ether oxygens (including phenoxy) is 1. The molecule has 0 saturated heterocycles. The molecular formula is C24H23FN6O3. The zero-order valence-electron chi connectivity index (χ0n) is 17.6. The second-order valence-electron chi connectivity index (χ2n) is 7.63. The smallest absolute Gasteiger partial charge is 0.291 e. The van der Waals surface area contributed by atoms with Gasteiger partial charge in [-0.1, -0.05) is 19.6 Å². The van der Waals surface area contributed by atoms with Gasteiger partial charge in [0.25, 0.3) is 11.8 Å². The fourth-order valence-corrected chi connectivity index (χ4v) is 3.81. The Balaban J connectivity index is 0.00000274. The number of nitrogens with one attached hydrogen (secondary N) is 2. The number of hydrogen-bond acceptors (Lipinski definition) is 6. The van der Waals surface area contributed by atoms with Crippen LogP contribution in [0.1, 0.15) is 29.4 Å². The minimum absolute atomic E-state index is 0. The Hall–Kier alpha value is -4.34. The summed E-state index contributed by atoms with van der Waals surface area (Å²) in [5, 5.41) is 10.0. The van der Waals surface area contributed by atoms with Gasteiger partial charge in [0.2, 0.25) is 5.82 Å². The molecule has 2 amide bonds. The summed E-state index contributed by atoms with van der Waals surface area (Å²) in [7, 11) is 1.63. The van der Waals surface area contributed by atoms with E-state index in [2.05, 4.69) is 25.5 Å². The van der Waals surface area contributed by atoms with Crippen molar-refractivity contribution >= 4 is 28.4 Å². The van der Waals surface area contributed by atoms with Gasteiger partial charge in [-0.3, -0.25) is 19.7 Å². The Morgan fingerprint density at radius 2 is 2.12 bits per heavy atom. The molecule has 0 spiro atoms. The van der Waals surface area contributed by atoms with Crippen molar-refractivity contribution in [1.29, 1.82) is 0 Å². The molecular weight excluding hydrogens is 439 g/mol. The van der Waals surface area contributed by atoms with E-state index in [4.69, 9.17) is 4.74 Å². The van der Waals surface area contributed by atoms with Gasteiger partial charge in [0, 0.05) is 25.1 Å². The number of carbonyl (C=O) groups is 2. The third-order valence-electron chi connectivity index (χ3n) is 5.39. The topological polar surface area (TPSA) is 113 Å². The number of aromatic amines is 1. The van der Waals surface area contributed by atoms with E-state index < -0.39 is 11.9 Å². The first kappa shape index (κ1) is 22.8. The number of nitrogens with zero attached hydrogens (tertiary/aromatic N) is 4. The summed E-state index contributed by atoms with van der Waals surface area (Å²) in [5.74, 6) is -0.506. The predicted octanol–water partition coefficient (Wildman–Crippen LogP) is 2.87. The maximum atomic E-state index is 13.4. The lowest BCUT2D eigenvalue weighted by atomic mass is 10.1. The van der Waals surface area contributed by atoms with E-state index in [0.717, 1.165) is 10.9 Å². The summed E-state index contributed by atoms with van der Waals surface area (Å²) >= 11 is 0. The van der Waals surface area contributed by atoms with Crippen molar-refractivity contribution in [2.45, 2.75) is 19.9 Å². The van der Waals surface area contributed by atoms with Crippen LogP contribution in [0.3, 0.4) is 0 Å². The normalized spacial score (nSPS) is 15.2. The predicted molar refractivity (Wildman–Crippen MR) is 124 cm³/mol. The van der Waals surface area contributed by atoms with Gasteiger partial charge in [-0.25, -0.2) is 9.37 Å². The highest BCUT2D eigenvalue weighted by Gasteiger charge is 2.32. The quantitative estimate of drug-likeness (QED) is 0.482. The second kappa shape index (κ2) is 9.26. The van der Waals surface area contributed by atoms with Crippen LogP contribution in [0.2, 0.25) is 0 Å². The number of likely N-dealkylation sites (N-methyl/N-ethyl adjacent to an activating group) is 1. The molecule has 0 saturated carbocycles. The van der Waals surface area contributed by atoms with Gasteiger partial charge in [0.05, 0.1) is 11.2 Å². The van der Waals surface area contributed by atoms with Crippen molar-refractivity contribution in [2.24, 2.45) is 0 Å². The van der Waals surface area contributed by atoms with Crippen LogP contribution in [0.5, 0.6) is 5.75 Å².